The minimum absolute atomic E-state index is 0.211. The highest BCUT2D eigenvalue weighted by molar-refractivity contribution is 7.91. The zero-order chi connectivity index (χ0) is 45.1. The first kappa shape index (κ1) is 44.9. The molecule has 8 aromatic rings. The van der Waals surface area contributed by atoms with E-state index in [1.54, 1.807) is 48.5 Å². The lowest BCUT2D eigenvalue weighted by molar-refractivity contribution is 0.0598. The molecule has 0 radical (unpaired) electrons. The van der Waals surface area contributed by atoms with Gasteiger partial charge in [-0.25, -0.2) is 26.4 Å². The summed E-state index contributed by atoms with van der Waals surface area (Å²) in [5.41, 5.74) is 8.46. The van der Waals surface area contributed by atoms with Crippen LogP contribution in [0.1, 0.15) is 54.1 Å². The van der Waals surface area contributed by atoms with Crippen molar-refractivity contribution in [1.29, 1.82) is 0 Å². The second kappa shape index (κ2) is 18.7. The number of nitrogens with zero attached hydrogens (tertiary/aromatic N) is 2. The lowest BCUT2D eigenvalue weighted by Crippen LogP contribution is -2.06. The van der Waals surface area contributed by atoms with Crippen molar-refractivity contribution in [1.82, 2.24) is 9.13 Å². The Balaban J connectivity index is 0.000000189. The van der Waals surface area contributed by atoms with Gasteiger partial charge < -0.3 is 19.0 Å². The third-order valence-electron chi connectivity index (χ3n) is 10.6. The topological polar surface area (TPSA) is 142 Å². The second-order valence-electron chi connectivity index (χ2n) is 15.3. The molecule has 10 nitrogen and oxygen atoms in total. The van der Waals surface area contributed by atoms with Gasteiger partial charge in [0.1, 0.15) is 0 Å². The maximum Gasteiger partial charge on any atom is 0.338 e. The number of sulfone groups is 2. The fourth-order valence-corrected chi connectivity index (χ4v) is 9.02. The number of carbonyl (C=O) groups excluding carboxylic acids is 1. The summed E-state index contributed by atoms with van der Waals surface area (Å²) in [5.74, 6) is -1.40. The molecule has 0 saturated carbocycles. The van der Waals surface area contributed by atoms with Crippen LogP contribution in [-0.4, -0.2) is 62.6 Å². The summed E-state index contributed by atoms with van der Waals surface area (Å²) in [7, 11) is -5.05. The first-order chi connectivity index (χ1) is 29.9. The van der Waals surface area contributed by atoms with E-state index in [1.807, 2.05) is 73.1 Å². The van der Waals surface area contributed by atoms with E-state index in [9.17, 15) is 31.5 Å². The Hall–Kier alpha value is -6.18. The largest absolute Gasteiger partial charge is 0.478 e. The smallest absolute Gasteiger partial charge is 0.338 e. The number of hydrogen-bond donors (Lipinski definition) is 1. The Bertz CT molecular complexity index is 3230. The van der Waals surface area contributed by atoms with Gasteiger partial charge in [0.2, 0.25) is 0 Å². The maximum atomic E-state index is 12.1. The van der Waals surface area contributed by atoms with Gasteiger partial charge in [0.25, 0.3) is 0 Å². The molecule has 14 heteroatoms. The number of hydrogen-bond acceptors (Lipinski definition) is 7. The number of ether oxygens (including phenoxy) is 1. The molecule has 2 heterocycles. The molecule has 0 aliphatic rings. The van der Waals surface area contributed by atoms with Crippen molar-refractivity contribution in [3.05, 3.63) is 200 Å². The van der Waals surface area contributed by atoms with Crippen LogP contribution in [0.25, 0.3) is 21.8 Å². The third kappa shape index (κ3) is 10.9. The molecule has 2 aromatic heterocycles. The monoisotopic (exact) mass is 920 g/mol. The second-order valence-corrected chi connectivity index (χ2v) is 20.2. The number of rotatable bonds is 12. The summed E-state index contributed by atoms with van der Waals surface area (Å²) in [4.78, 5) is 24.3. The van der Waals surface area contributed by atoms with Crippen LogP contribution in [0.5, 0.6) is 0 Å². The van der Waals surface area contributed by atoms with Crippen molar-refractivity contribution < 1.29 is 36.3 Å². The SMILES string of the molecule is COC(=O)c1cc(Cl)ccc1Cc1ccc2c(ccn2Cc2ccc(S(C)(=O)=O)cc2)c1.CS(=O)(=O)c1ccc(Cn2ccc3cc(Cc4ccc(Cl)cc4C(=O)O)ccc32)cc1. The standard InChI is InChI=1S/C25H22ClNO4S.C24H20ClNO4S/c1-31-25(28)23-15-21(26)7-6-19(23)13-18-5-10-24-20(14-18)11-12-27(24)16-17-3-8-22(9-4-17)32(2,29)30;1-31(29,30)21-7-2-16(3-8-21)15-26-11-10-19-13-17(4-9-23(19)26)12-18-5-6-20(25)14-22(18)24(27)28/h3-12,14-15H,13,16H2,1-2H3;2-11,13-14H,12,15H2,1H3,(H,27,28). The first-order valence-corrected chi connectivity index (χ1v) is 24.1. The minimum atomic E-state index is -3.21. The van der Waals surface area contributed by atoms with Gasteiger partial charge in [0, 0.05) is 59.1 Å². The van der Waals surface area contributed by atoms with Crippen LogP contribution in [0.2, 0.25) is 10.0 Å². The van der Waals surface area contributed by atoms with E-state index >= 15 is 0 Å². The molecule has 0 unspecified atom stereocenters. The number of fused-ring (bicyclic) bond motifs is 2. The molecule has 0 saturated heterocycles. The Kier molecular flexibility index (Phi) is 13.3. The van der Waals surface area contributed by atoms with Gasteiger partial charge in [-0.15, -0.1) is 0 Å². The fourth-order valence-electron chi connectivity index (χ4n) is 7.42. The van der Waals surface area contributed by atoms with E-state index in [-0.39, 0.29) is 5.56 Å². The number of carboxylic acid groups (broad SMARTS) is 1. The summed E-state index contributed by atoms with van der Waals surface area (Å²) < 4.78 is 55.7. The van der Waals surface area contributed by atoms with Crippen molar-refractivity contribution in [2.45, 2.75) is 35.7 Å². The molecule has 0 atom stereocenters. The lowest BCUT2D eigenvalue weighted by atomic mass is 9.99. The van der Waals surface area contributed by atoms with E-state index in [4.69, 9.17) is 27.9 Å². The number of aromatic nitrogens is 2. The third-order valence-corrected chi connectivity index (χ3v) is 13.4. The normalized spacial score (nSPS) is 11.6. The molecular weight excluding hydrogens is 880 g/mol. The van der Waals surface area contributed by atoms with Crippen molar-refractivity contribution in [3.63, 3.8) is 0 Å². The quantitative estimate of drug-likeness (QED) is 0.119. The van der Waals surface area contributed by atoms with Gasteiger partial charge >= 0.3 is 11.9 Å². The molecule has 0 bridgehead atoms. The maximum absolute atomic E-state index is 12.1. The summed E-state index contributed by atoms with van der Waals surface area (Å²) >= 11 is 12.0. The number of esters is 1. The number of carbonyl (C=O) groups is 2. The number of benzene rings is 6. The molecule has 0 amide bonds. The van der Waals surface area contributed by atoms with Crippen LogP contribution in [0.4, 0.5) is 0 Å². The summed E-state index contributed by atoms with van der Waals surface area (Å²) in [6.45, 7) is 1.25. The van der Waals surface area contributed by atoms with Gasteiger partial charge in [-0.05, 0) is 142 Å². The molecule has 322 valence electrons. The van der Waals surface area contributed by atoms with Gasteiger partial charge in [-0.3, -0.25) is 0 Å². The van der Waals surface area contributed by atoms with E-state index < -0.39 is 31.6 Å². The van der Waals surface area contributed by atoms with Gasteiger partial charge in [0.15, 0.2) is 19.7 Å². The molecule has 6 aromatic carbocycles. The Morgan fingerprint density at radius 2 is 0.937 bits per heavy atom. The molecule has 0 aliphatic heterocycles. The molecule has 0 spiro atoms. The van der Waals surface area contributed by atoms with Crippen molar-refractivity contribution in [3.8, 4) is 0 Å². The van der Waals surface area contributed by atoms with Crippen LogP contribution < -0.4 is 0 Å². The zero-order valence-corrected chi connectivity index (χ0v) is 37.6. The summed E-state index contributed by atoms with van der Waals surface area (Å²) in [5, 5.41) is 12.5. The minimum Gasteiger partial charge on any atom is -0.478 e. The Morgan fingerprint density at radius 1 is 0.540 bits per heavy atom. The van der Waals surface area contributed by atoms with E-state index in [0.29, 0.717) is 56.9 Å². The molecule has 0 fully saturated rings. The number of aromatic carboxylic acids is 1. The highest BCUT2D eigenvalue weighted by atomic mass is 35.5. The number of halogens is 2. The summed E-state index contributed by atoms with van der Waals surface area (Å²) in [6, 6.07) is 40.4. The van der Waals surface area contributed by atoms with Crippen LogP contribution in [0, 0.1) is 0 Å². The average Bonchev–Trinajstić information content (AvgIpc) is 3.84. The Morgan fingerprint density at radius 3 is 1.33 bits per heavy atom. The highest BCUT2D eigenvalue weighted by Gasteiger charge is 2.15. The zero-order valence-electron chi connectivity index (χ0n) is 34.5. The summed E-state index contributed by atoms with van der Waals surface area (Å²) in [6.07, 6.45) is 7.48. The molecular formula is C49H42Cl2N2O8S2. The molecule has 63 heavy (non-hydrogen) atoms. The van der Waals surface area contributed by atoms with Crippen molar-refractivity contribution >= 4 is 76.6 Å². The Labute approximate surface area is 375 Å². The van der Waals surface area contributed by atoms with Crippen molar-refractivity contribution in [2.75, 3.05) is 19.6 Å². The lowest BCUT2D eigenvalue weighted by Gasteiger charge is -2.10. The van der Waals surface area contributed by atoms with Gasteiger partial charge in [0.05, 0.1) is 28.0 Å². The molecule has 1 N–H and O–H groups in total. The van der Waals surface area contributed by atoms with E-state index in [0.717, 1.165) is 49.6 Å². The average molecular weight is 922 g/mol. The number of methoxy groups -OCH3 is 1. The fraction of sp³-hybridized carbons (Fsp3) is 0.143. The highest BCUT2D eigenvalue weighted by Crippen LogP contribution is 2.26. The van der Waals surface area contributed by atoms with Crippen LogP contribution in [0.3, 0.4) is 0 Å². The predicted octanol–water partition coefficient (Wildman–Crippen LogP) is 10.2. The van der Waals surface area contributed by atoms with Crippen LogP contribution in [0.15, 0.2) is 156 Å². The van der Waals surface area contributed by atoms with Crippen molar-refractivity contribution in [2.24, 2.45) is 0 Å². The first-order valence-electron chi connectivity index (χ1n) is 19.6. The van der Waals surface area contributed by atoms with Crippen LogP contribution in [-0.2, 0) is 50.3 Å². The van der Waals surface area contributed by atoms with E-state index in [2.05, 4.69) is 27.3 Å². The van der Waals surface area contributed by atoms with E-state index in [1.165, 1.54) is 25.7 Å². The molecule has 0 aliphatic carbocycles. The predicted molar refractivity (Wildman–Crippen MR) is 248 cm³/mol. The van der Waals surface area contributed by atoms with Gasteiger partial charge in [-0.1, -0.05) is 71.7 Å². The van der Waals surface area contributed by atoms with Crippen LogP contribution >= 0.6 is 23.2 Å². The number of carboxylic acids is 1. The van der Waals surface area contributed by atoms with Gasteiger partial charge in [-0.2, -0.15) is 0 Å². The molecule has 8 rings (SSSR count).